The van der Waals surface area contributed by atoms with Gasteiger partial charge in [0.1, 0.15) is 24.2 Å². The molecule has 2 aromatic carbocycles. The molecule has 0 bridgehead atoms. The van der Waals surface area contributed by atoms with Crippen LogP contribution in [0, 0.1) is 12.8 Å². The van der Waals surface area contributed by atoms with Gasteiger partial charge in [-0.1, -0.05) is 74.0 Å². The molecule has 11 nitrogen and oxygen atoms in total. The second kappa shape index (κ2) is 13.6. The van der Waals surface area contributed by atoms with Crippen LogP contribution in [0.1, 0.15) is 73.8 Å². The Morgan fingerprint density at radius 3 is 2.47 bits per heavy atom. The second-order valence-corrected chi connectivity index (χ2v) is 11.7. The van der Waals surface area contributed by atoms with Crippen molar-refractivity contribution in [1.82, 2.24) is 25.7 Å². The third-order valence-corrected chi connectivity index (χ3v) is 7.36. The van der Waals surface area contributed by atoms with E-state index in [0.29, 0.717) is 25.8 Å². The van der Waals surface area contributed by atoms with Gasteiger partial charge in [-0.15, -0.1) is 10.2 Å². The van der Waals surface area contributed by atoms with Gasteiger partial charge in [-0.25, -0.2) is 4.79 Å². The first-order valence-corrected chi connectivity index (χ1v) is 14.5. The van der Waals surface area contributed by atoms with E-state index in [4.69, 9.17) is 9.15 Å². The molecule has 43 heavy (non-hydrogen) atoms. The number of amides is 3. The summed E-state index contributed by atoms with van der Waals surface area (Å²) in [5, 5.41) is 13.4. The van der Waals surface area contributed by atoms with Crippen molar-refractivity contribution >= 4 is 23.7 Å². The van der Waals surface area contributed by atoms with Crippen LogP contribution in [0.25, 0.3) is 0 Å². The number of likely N-dealkylation sites (tertiary alicyclic amines) is 1. The van der Waals surface area contributed by atoms with Crippen molar-refractivity contribution in [3.05, 3.63) is 83.1 Å². The summed E-state index contributed by atoms with van der Waals surface area (Å²) in [6.07, 6.45) is 0.683. The van der Waals surface area contributed by atoms with Crippen LogP contribution >= 0.6 is 0 Å². The van der Waals surface area contributed by atoms with Crippen molar-refractivity contribution in [2.75, 3.05) is 6.54 Å². The summed E-state index contributed by atoms with van der Waals surface area (Å²) in [5.74, 6) is -1.57. The summed E-state index contributed by atoms with van der Waals surface area (Å²) < 4.78 is 11.0. The number of ketones is 1. The minimum atomic E-state index is -1.38. The summed E-state index contributed by atoms with van der Waals surface area (Å²) in [6, 6.07) is 15.4. The molecule has 3 aromatic rings. The molecule has 11 heteroatoms. The fourth-order valence-electron chi connectivity index (χ4n) is 5.02. The van der Waals surface area contributed by atoms with Crippen LogP contribution in [0.5, 0.6) is 0 Å². The highest BCUT2D eigenvalue weighted by Crippen LogP contribution is 2.22. The number of carbonyl (C=O) groups is 4. The first-order chi connectivity index (χ1) is 20.4. The summed E-state index contributed by atoms with van der Waals surface area (Å²) in [4.78, 5) is 54.3. The minimum absolute atomic E-state index is 0.0665. The zero-order valence-corrected chi connectivity index (χ0v) is 25.3. The van der Waals surface area contributed by atoms with Crippen molar-refractivity contribution in [2.45, 2.75) is 78.1 Å². The Morgan fingerprint density at radius 2 is 1.77 bits per heavy atom. The van der Waals surface area contributed by atoms with Crippen LogP contribution in [-0.2, 0) is 27.4 Å². The molecule has 1 aliphatic rings. The largest absolute Gasteiger partial charge is 0.445 e. The number of alkyl carbamates (subject to hydrolysis) is 1. The fourth-order valence-corrected chi connectivity index (χ4v) is 5.02. The maximum atomic E-state index is 13.6. The van der Waals surface area contributed by atoms with Gasteiger partial charge in [0.05, 0.1) is 6.42 Å². The van der Waals surface area contributed by atoms with Crippen molar-refractivity contribution in [1.29, 1.82) is 0 Å². The number of ether oxygens (including phenoxy) is 1. The maximum Gasteiger partial charge on any atom is 0.408 e. The number of aromatic nitrogens is 2. The van der Waals surface area contributed by atoms with Crippen molar-refractivity contribution in [3.63, 3.8) is 0 Å². The number of carbonyl (C=O) groups excluding carboxylic acids is 4. The van der Waals surface area contributed by atoms with Gasteiger partial charge >= 0.3 is 6.09 Å². The number of hydrogen-bond donors (Lipinski definition) is 2. The van der Waals surface area contributed by atoms with Gasteiger partial charge in [-0.3, -0.25) is 14.4 Å². The highest BCUT2D eigenvalue weighted by Gasteiger charge is 2.42. The molecule has 1 aliphatic heterocycles. The molecule has 1 saturated heterocycles. The molecular weight excluding hydrogens is 550 g/mol. The van der Waals surface area contributed by atoms with Gasteiger partial charge in [-0.2, -0.15) is 0 Å². The Hall–Kier alpha value is -4.54. The molecule has 0 radical (unpaired) electrons. The van der Waals surface area contributed by atoms with Crippen molar-refractivity contribution < 1.29 is 28.3 Å². The lowest BCUT2D eigenvalue weighted by Gasteiger charge is -2.32. The van der Waals surface area contributed by atoms with E-state index >= 15 is 0 Å². The number of rotatable bonds is 11. The lowest BCUT2D eigenvalue weighted by atomic mass is 9.97. The summed E-state index contributed by atoms with van der Waals surface area (Å²) in [6.45, 7) is 9.13. The first kappa shape index (κ1) is 31.4. The number of hydrogen-bond acceptors (Lipinski definition) is 8. The number of Topliss-reactive ketones (excluding diaryl/α,β-unsaturated/α-hetero) is 1. The number of benzene rings is 2. The molecule has 4 rings (SSSR count). The zero-order chi connectivity index (χ0) is 31.1. The molecule has 3 amide bonds. The fraction of sp³-hybridized carbons (Fsp3) is 0.438. The van der Waals surface area contributed by atoms with Crippen LogP contribution < -0.4 is 10.6 Å². The van der Waals surface area contributed by atoms with E-state index in [2.05, 4.69) is 20.8 Å². The van der Waals surface area contributed by atoms with E-state index < -0.39 is 35.4 Å². The van der Waals surface area contributed by atoms with E-state index in [0.717, 1.165) is 16.7 Å². The highest BCUT2D eigenvalue weighted by atomic mass is 16.5. The summed E-state index contributed by atoms with van der Waals surface area (Å²) in [5.41, 5.74) is 1.51. The Labute approximate surface area is 251 Å². The third-order valence-electron chi connectivity index (χ3n) is 7.36. The number of aryl methyl sites for hydroxylation is 1. The van der Waals surface area contributed by atoms with Crippen LogP contribution in [0.3, 0.4) is 0 Å². The molecule has 0 aliphatic carbocycles. The molecule has 1 aromatic heterocycles. The Bertz CT molecular complexity index is 1450. The molecule has 2 atom stereocenters. The Morgan fingerprint density at radius 1 is 1.05 bits per heavy atom. The van der Waals surface area contributed by atoms with Gasteiger partial charge in [-0.05, 0) is 50.7 Å². The Kier molecular flexibility index (Phi) is 9.95. The minimum Gasteiger partial charge on any atom is -0.445 e. The standard InChI is InChI=1S/C32H39N5O6/c1-20(2)26(33-31(41)42-19-22-12-7-6-8-13-22)30(40)37-16-10-15-24(37)28(39)34-32(4,5)27(38)29-36-35-25(43-29)18-23-14-9-11-21(3)17-23/h6-9,11-14,17,20,24,26H,10,15-16,18-19H2,1-5H3,(H,33,41)(H,34,39)/t24-,26-/m0/s1. The normalized spacial score (nSPS) is 15.7. The lowest BCUT2D eigenvalue weighted by molar-refractivity contribution is -0.141. The molecule has 2 N–H and O–H groups in total. The van der Waals surface area contributed by atoms with E-state index in [-0.39, 0.29) is 30.2 Å². The average molecular weight is 590 g/mol. The molecule has 1 fully saturated rings. The number of nitrogens with zero attached hydrogens (tertiary/aromatic N) is 3. The van der Waals surface area contributed by atoms with Gasteiger partial charge in [0.25, 0.3) is 5.89 Å². The molecule has 228 valence electrons. The second-order valence-electron chi connectivity index (χ2n) is 11.7. The zero-order valence-electron chi connectivity index (χ0n) is 25.3. The van der Waals surface area contributed by atoms with Crippen molar-refractivity contribution in [3.8, 4) is 0 Å². The van der Waals surface area contributed by atoms with Crippen LogP contribution in [0.4, 0.5) is 4.79 Å². The summed E-state index contributed by atoms with van der Waals surface area (Å²) >= 11 is 0. The SMILES string of the molecule is Cc1cccc(Cc2nnc(C(=O)C(C)(C)NC(=O)[C@@H]3CCCN3C(=O)[C@@H](NC(=O)OCc3ccccc3)C(C)C)o2)c1. The Balaban J connectivity index is 1.37. The smallest absolute Gasteiger partial charge is 0.408 e. The van der Waals surface area contributed by atoms with Gasteiger partial charge in [0, 0.05) is 6.54 Å². The van der Waals surface area contributed by atoms with Crippen LogP contribution in [0.15, 0.2) is 59.0 Å². The highest BCUT2D eigenvalue weighted by molar-refractivity contribution is 6.02. The van der Waals surface area contributed by atoms with Crippen molar-refractivity contribution in [2.24, 2.45) is 5.92 Å². The molecule has 2 heterocycles. The van der Waals surface area contributed by atoms with Crippen LogP contribution in [0.2, 0.25) is 0 Å². The van der Waals surface area contributed by atoms with Crippen LogP contribution in [-0.4, -0.2) is 63.0 Å². The van der Waals surface area contributed by atoms with Gasteiger partial charge in [0.15, 0.2) is 0 Å². The molecule has 0 saturated carbocycles. The molecule has 0 spiro atoms. The predicted octanol–water partition coefficient (Wildman–Crippen LogP) is 3.99. The quantitative estimate of drug-likeness (QED) is 0.320. The van der Waals surface area contributed by atoms with Gasteiger partial charge in [0.2, 0.25) is 23.5 Å². The van der Waals surface area contributed by atoms with Gasteiger partial charge < -0.3 is 24.7 Å². The number of nitrogens with one attached hydrogen (secondary N) is 2. The van der Waals surface area contributed by atoms with E-state index in [1.165, 1.54) is 4.90 Å². The van der Waals surface area contributed by atoms with E-state index in [1.807, 2.05) is 75.4 Å². The van der Waals surface area contributed by atoms with E-state index in [1.54, 1.807) is 13.8 Å². The lowest BCUT2D eigenvalue weighted by Crippen LogP contribution is -2.58. The molecular formula is C32H39N5O6. The molecule has 0 unspecified atom stereocenters. The third kappa shape index (κ3) is 8.06. The topological polar surface area (TPSA) is 144 Å². The monoisotopic (exact) mass is 589 g/mol. The maximum absolute atomic E-state index is 13.6. The average Bonchev–Trinajstić information content (AvgIpc) is 3.64. The predicted molar refractivity (Wildman–Crippen MR) is 158 cm³/mol. The van der Waals surface area contributed by atoms with E-state index in [9.17, 15) is 19.2 Å². The first-order valence-electron chi connectivity index (χ1n) is 14.5. The summed E-state index contributed by atoms with van der Waals surface area (Å²) in [7, 11) is 0.